The minimum Gasteiger partial charge on any atom is -0.378 e. The molecule has 5 heteroatoms. The van der Waals surface area contributed by atoms with Gasteiger partial charge in [-0.2, -0.15) is 0 Å². The van der Waals surface area contributed by atoms with Gasteiger partial charge in [0.2, 0.25) is 11.8 Å². The second-order valence-corrected chi connectivity index (χ2v) is 7.15. The first kappa shape index (κ1) is 17.5. The smallest absolute Gasteiger partial charge is 0.227 e. The molecule has 0 aromatic heterocycles. The van der Waals surface area contributed by atoms with E-state index >= 15 is 0 Å². The lowest BCUT2D eigenvalue weighted by Crippen LogP contribution is -2.41. The van der Waals surface area contributed by atoms with Crippen LogP contribution >= 0.6 is 0 Å². The quantitative estimate of drug-likeness (QED) is 0.928. The number of carbonyl (C=O) groups excluding carboxylic acids is 2. The molecule has 0 atom stereocenters. The molecular formula is C18H26N2O3. The van der Waals surface area contributed by atoms with Crippen molar-refractivity contribution in [1.29, 1.82) is 0 Å². The minimum absolute atomic E-state index is 0.00893. The number of ether oxygens (including phenoxy) is 1. The summed E-state index contributed by atoms with van der Waals surface area (Å²) in [5.74, 6) is 0.132. The number of hydrogen-bond acceptors (Lipinski definition) is 3. The largest absolute Gasteiger partial charge is 0.378 e. The van der Waals surface area contributed by atoms with Crippen molar-refractivity contribution in [2.24, 2.45) is 5.41 Å². The van der Waals surface area contributed by atoms with Gasteiger partial charge in [0.1, 0.15) is 0 Å². The fourth-order valence-electron chi connectivity index (χ4n) is 2.49. The SMILES string of the molecule is CC(C)(C)CC(=O)Nc1ccc(CC(=O)N2CCOCC2)cc1. The highest BCUT2D eigenvalue weighted by atomic mass is 16.5. The van der Waals surface area contributed by atoms with Crippen LogP contribution in [0.5, 0.6) is 0 Å². The van der Waals surface area contributed by atoms with Gasteiger partial charge in [-0.05, 0) is 23.1 Å². The molecule has 5 nitrogen and oxygen atoms in total. The van der Waals surface area contributed by atoms with E-state index in [1.165, 1.54) is 0 Å². The van der Waals surface area contributed by atoms with Crippen LogP contribution in [0.3, 0.4) is 0 Å². The number of rotatable bonds is 4. The molecule has 1 aromatic rings. The molecule has 0 unspecified atom stereocenters. The van der Waals surface area contributed by atoms with Crippen molar-refractivity contribution >= 4 is 17.5 Å². The van der Waals surface area contributed by atoms with Crippen molar-refractivity contribution in [3.63, 3.8) is 0 Å². The zero-order valence-electron chi connectivity index (χ0n) is 14.2. The van der Waals surface area contributed by atoms with Crippen LogP contribution in [-0.2, 0) is 20.7 Å². The van der Waals surface area contributed by atoms with E-state index in [2.05, 4.69) is 5.32 Å². The van der Waals surface area contributed by atoms with Gasteiger partial charge < -0.3 is 15.0 Å². The van der Waals surface area contributed by atoms with Gasteiger partial charge >= 0.3 is 0 Å². The number of hydrogen-bond donors (Lipinski definition) is 1. The van der Waals surface area contributed by atoms with Gasteiger partial charge in [0.25, 0.3) is 0 Å². The molecule has 1 aliphatic rings. The Bertz CT molecular complexity index is 540. The third kappa shape index (κ3) is 6.02. The summed E-state index contributed by atoms with van der Waals surface area (Å²) in [6.45, 7) is 8.67. The van der Waals surface area contributed by atoms with E-state index < -0.39 is 0 Å². The number of morpholine rings is 1. The van der Waals surface area contributed by atoms with Gasteiger partial charge in [0.15, 0.2) is 0 Å². The molecule has 0 spiro atoms. The maximum atomic E-state index is 12.2. The molecule has 1 fully saturated rings. The minimum atomic E-state index is -0.0331. The average molecular weight is 318 g/mol. The third-order valence-corrected chi connectivity index (χ3v) is 3.65. The summed E-state index contributed by atoms with van der Waals surface area (Å²) >= 11 is 0. The Morgan fingerprint density at radius 3 is 2.30 bits per heavy atom. The van der Waals surface area contributed by atoms with Gasteiger partial charge in [-0.1, -0.05) is 32.9 Å². The normalized spacial score (nSPS) is 15.3. The molecule has 1 heterocycles. The van der Waals surface area contributed by atoms with Crippen LogP contribution in [-0.4, -0.2) is 43.0 Å². The van der Waals surface area contributed by atoms with Gasteiger partial charge in [-0.3, -0.25) is 9.59 Å². The highest BCUT2D eigenvalue weighted by Gasteiger charge is 2.18. The Kier molecular flexibility index (Phi) is 5.77. The summed E-state index contributed by atoms with van der Waals surface area (Å²) in [6, 6.07) is 7.49. The van der Waals surface area contributed by atoms with E-state index in [4.69, 9.17) is 4.74 Å². The Labute approximate surface area is 138 Å². The van der Waals surface area contributed by atoms with Crippen molar-refractivity contribution in [3.8, 4) is 0 Å². The lowest BCUT2D eigenvalue weighted by molar-refractivity contribution is -0.134. The highest BCUT2D eigenvalue weighted by molar-refractivity contribution is 5.91. The number of nitrogens with one attached hydrogen (secondary N) is 1. The zero-order chi connectivity index (χ0) is 16.9. The summed E-state index contributed by atoms with van der Waals surface area (Å²) in [5.41, 5.74) is 1.69. The van der Waals surface area contributed by atoms with Crippen LogP contribution < -0.4 is 5.32 Å². The maximum absolute atomic E-state index is 12.2. The molecule has 1 N–H and O–H groups in total. The maximum Gasteiger partial charge on any atom is 0.227 e. The average Bonchev–Trinajstić information content (AvgIpc) is 2.48. The Morgan fingerprint density at radius 1 is 1.13 bits per heavy atom. The molecule has 0 saturated carbocycles. The van der Waals surface area contributed by atoms with Crippen molar-refractivity contribution < 1.29 is 14.3 Å². The monoisotopic (exact) mass is 318 g/mol. The van der Waals surface area contributed by atoms with Crippen molar-refractivity contribution in [1.82, 2.24) is 4.90 Å². The van der Waals surface area contributed by atoms with Crippen molar-refractivity contribution in [2.75, 3.05) is 31.6 Å². The van der Waals surface area contributed by atoms with Crippen LogP contribution in [0.25, 0.3) is 0 Å². The predicted molar refractivity (Wildman–Crippen MR) is 90.2 cm³/mol. The van der Waals surface area contributed by atoms with Crippen LogP contribution in [0, 0.1) is 5.41 Å². The topological polar surface area (TPSA) is 58.6 Å². The first-order valence-electron chi connectivity index (χ1n) is 8.08. The number of carbonyl (C=O) groups is 2. The van der Waals surface area contributed by atoms with E-state index in [-0.39, 0.29) is 17.2 Å². The molecule has 1 saturated heterocycles. The van der Waals surface area contributed by atoms with Crippen LogP contribution in [0.1, 0.15) is 32.8 Å². The van der Waals surface area contributed by atoms with Gasteiger partial charge in [-0.25, -0.2) is 0 Å². The second-order valence-electron chi connectivity index (χ2n) is 7.15. The highest BCUT2D eigenvalue weighted by Crippen LogP contribution is 2.20. The summed E-state index contributed by atoms with van der Waals surface area (Å²) < 4.78 is 5.25. The lowest BCUT2D eigenvalue weighted by atomic mass is 9.92. The van der Waals surface area contributed by atoms with Crippen molar-refractivity contribution in [3.05, 3.63) is 29.8 Å². The molecule has 0 aliphatic carbocycles. The zero-order valence-corrected chi connectivity index (χ0v) is 14.2. The van der Waals surface area contributed by atoms with Gasteiger partial charge in [-0.15, -0.1) is 0 Å². The predicted octanol–water partition coefficient (Wildman–Crippen LogP) is 2.46. The molecule has 23 heavy (non-hydrogen) atoms. The van der Waals surface area contributed by atoms with E-state index in [1.54, 1.807) is 0 Å². The molecule has 2 amide bonds. The van der Waals surface area contributed by atoms with Gasteiger partial charge in [0.05, 0.1) is 19.6 Å². The number of benzene rings is 1. The molecule has 2 rings (SSSR count). The van der Waals surface area contributed by atoms with E-state index in [0.717, 1.165) is 11.3 Å². The molecule has 1 aromatic carbocycles. The third-order valence-electron chi connectivity index (χ3n) is 3.65. The van der Waals surface area contributed by atoms with Crippen LogP contribution in [0.4, 0.5) is 5.69 Å². The summed E-state index contributed by atoms with van der Waals surface area (Å²) in [5, 5.41) is 2.89. The molecule has 1 aliphatic heterocycles. The summed E-state index contributed by atoms with van der Waals surface area (Å²) in [6.07, 6.45) is 0.862. The van der Waals surface area contributed by atoms with E-state index in [1.807, 2.05) is 49.9 Å². The number of anilines is 1. The Morgan fingerprint density at radius 2 is 1.74 bits per heavy atom. The second kappa shape index (κ2) is 7.59. The molecule has 126 valence electrons. The summed E-state index contributed by atoms with van der Waals surface area (Å²) in [4.78, 5) is 25.9. The lowest BCUT2D eigenvalue weighted by Gasteiger charge is -2.26. The first-order valence-corrected chi connectivity index (χ1v) is 8.08. The van der Waals surface area contributed by atoms with Crippen LogP contribution in [0.15, 0.2) is 24.3 Å². The Balaban J connectivity index is 1.86. The summed E-state index contributed by atoms with van der Waals surface area (Å²) in [7, 11) is 0. The van der Waals surface area contributed by atoms with Crippen molar-refractivity contribution in [2.45, 2.75) is 33.6 Å². The van der Waals surface area contributed by atoms with Gasteiger partial charge in [0, 0.05) is 25.2 Å². The first-order chi connectivity index (χ1) is 10.8. The van der Waals surface area contributed by atoms with E-state index in [0.29, 0.717) is 39.1 Å². The number of nitrogens with zero attached hydrogens (tertiary/aromatic N) is 1. The molecular weight excluding hydrogens is 292 g/mol. The Hall–Kier alpha value is -1.88. The molecule has 0 bridgehead atoms. The molecule has 0 radical (unpaired) electrons. The van der Waals surface area contributed by atoms with Crippen LogP contribution in [0.2, 0.25) is 0 Å². The standard InChI is InChI=1S/C18H26N2O3/c1-18(2,3)13-16(21)19-15-6-4-14(5-7-15)12-17(22)20-8-10-23-11-9-20/h4-7H,8-13H2,1-3H3,(H,19,21). The number of amides is 2. The fraction of sp³-hybridized carbons (Fsp3) is 0.556. The van der Waals surface area contributed by atoms with E-state index in [9.17, 15) is 9.59 Å². The fourth-order valence-corrected chi connectivity index (χ4v) is 2.49.